The van der Waals surface area contributed by atoms with E-state index in [0.717, 1.165) is 0 Å². The molecule has 0 heterocycles. The molecule has 12 heteroatoms. The Hall–Kier alpha value is 1.43. The summed E-state index contributed by atoms with van der Waals surface area (Å²) in [6, 6.07) is 0. The van der Waals surface area contributed by atoms with Crippen LogP contribution < -0.4 is 37.9 Å². The van der Waals surface area contributed by atoms with Crippen molar-refractivity contribution in [3.8, 4) is 0 Å². The van der Waals surface area contributed by atoms with Crippen LogP contribution in [-0.2, 0) is 35.1 Å². The van der Waals surface area contributed by atoms with Crippen molar-refractivity contribution >= 4 is 23.8 Å². The van der Waals surface area contributed by atoms with Crippen LogP contribution in [0.1, 0.15) is 0 Å². The molecule has 0 unspecified atom stereocenters. The van der Waals surface area contributed by atoms with Gasteiger partial charge in [-0.1, -0.05) is 0 Å². The second-order valence-corrected chi connectivity index (χ2v) is 3.40. The fraction of sp³-hybridized carbons (Fsp3) is 0. The van der Waals surface area contributed by atoms with E-state index in [2.05, 4.69) is 0 Å². The summed E-state index contributed by atoms with van der Waals surface area (Å²) in [7, 11) is -4.92. The van der Waals surface area contributed by atoms with Gasteiger partial charge in [-0.05, 0) is 0 Å². The maximum atomic E-state index is 8.63. The molecule has 8 nitrogen and oxygen atoms in total. The van der Waals surface area contributed by atoms with Crippen LogP contribution in [0.25, 0.3) is 0 Å². The van der Waals surface area contributed by atoms with Gasteiger partial charge in [-0.25, -0.2) is 8.42 Å². The normalized spacial score (nSPS) is 9.67. The molecule has 0 aromatic heterocycles. The summed E-state index contributed by atoms with van der Waals surface area (Å²) in [6.07, 6.45) is 0. The fourth-order valence-electron chi connectivity index (χ4n) is 0. The van der Waals surface area contributed by atoms with Crippen LogP contribution in [0.5, 0.6) is 0 Å². The smallest absolute Gasteiger partial charge is 1.00 e. The van der Waals surface area contributed by atoms with E-state index in [-0.39, 0.29) is 46.6 Å². The topological polar surface area (TPSA) is 158 Å². The maximum Gasteiger partial charge on any atom is 2.00 e. The summed E-state index contributed by atoms with van der Waals surface area (Å²) in [4.78, 5) is 0. The van der Waals surface area contributed by atoms with Crippen LogP contribution in [-0.4, -0.2) is 30.9 Å². The van der Waals surface area contributed by atoms with Gasteiger partial charge >= 0.3 is 76.0 Å². The van der Waals surface area contributed by atoms with Crippen LogP contribution in [0.2, 0.25) is 0 Å². The van der Waals surface area contributed by atoms with Crippen molar-refractivity contribution in [1.82, 2.24) is 0 Å². The summed E-state index contributed by atoms with van der Waals surface area (Å²) >= 11 is -5.75. The van der Waals surface area contributed by atoms with Gasteiger partial charge in [0.15, 0.2) is 0 Å². The Bertz CT molecular complexity index is 215. The van der Waals surface area contributed by atoms with E-state index < -0.39 is 23.8 Å². The molecule has 0 amide bonds. The molecule has 0 atom stereocenters. The van der Waals surface area contributed by atoms with Gasteiger partial charge in [0.25, 0.3) is 0 Å². The van der Waals surface area contributed by atoms with E-state index in [0.29, 0.717) is 0 Å². The average molecular weight is 319 g/mol. The minimum atomic E-state index is -5.75. The van der Waals surface area contributed by atoms with E-state index in [1.54, 1.807) is 0 Å². The molecule has 0 aliphatic carbocycles. The number of hydrogen-bond donors (Lipinski definition) is 1. The van der Waals surface area contributed by atoms with E-state index in [1.165, 1.54) is 0 Å². The SMILES string of the molecule is O=S(=O)([O-])O.O=[Se](=O)([O-])[O-].[Fe+2].[Na+]. The maximum absolute atomic E-state index is 8.63. The molecule has 70 valence electrons. The summed E-state index contributed by atoms with van der Waals surface area (Å²) < 4.78 is 67.2. The van der Waals surface area contributed by atoms with Crippen LogP contribution >= 0.6 is 0 Å². The number of rotatable bonds is 0. The third-order valence-electron chi connectivity index (χ3n) is 0. The second kappa shape index (κ2) is 9.00. The Morgan fingerprint density at radius 2 is 1.17 bits per heavy atom. The van der Waals surface area contributed by atoms with Crippen LogP contribution in [0.3, 0.4) is 0 Å². The van der Waals surface area contributed by atoms with Crippen LogP contribution in [0.4, 0.5) is 0 Å². The molecule has 0 aliphatic heterocycles. The largest absolute Gasteiger partial charge is 2.00 e. The first-order chi connectivity index (χ1) is 4.00. The van der Waals surface area contributed by atoms with Crippen molar-refractivity contribution in [1.29, 1.82) is 0 Å². The fourth-order valence-corrected chi connectivity index (χ4v) is 0. The molecule has 0 rings (SSSR count). The molecule has 0 bridgehead atoms. The average Bonchev–Trinajstić information content (AvgIpc) is 1.12. The summed E-state index contributed by atoms with van der Waals surface area (Å²) in [5.74, 6) is 0. The molecule has 0 saturated carbocycles. The summed E-state index contributed by atoms with van der Waals surface area (Å²) in [5.41, 5.74) is 0. The predicted molar refractivity (Wildman–Crippen MR) is 19.5 cm³/mol. The third kappa shape index (κ3) is 609. The predicted octanol–water partition coefficient (Wildman–Crippen LogP) is -6.99. The summed E-state index contributed by atoms with van der Waals surface area (Å²) in [5, 5.41) is 0. The van der Waals surface area contributed by atoms with E-state index in [4.69, 9.17) is 33.6 Å². The second-order valence-electron chi connectivity index (χ2n) is 0.836. The Morgan fingerprint density at radius 3 is 1.17 bits per heavy atom. The van der Waals surface area contributed by atoms with Gasteiger partial charge in [-0.3, -0.25) is 4.55 Å². The van der Waals surface area contributed by atoms with E-state index >= 15 is 0 Å². The molecule has 0 aromatic carbocycles. The Morgan fingerprint density at radius 1 is 1.17 bits per heavy atom. The molecule has 12 heavy (non-hydrogen) atoms. The van der Waals surface area contributed by atoms with Crippen LogP contribution in [0, 0.1) is 0 Å². The molecule has 0 fully saturated rings. The van der Waals surface area contributed by atoms with Crippen molar-refractivity contribution in [2.24, 2.45) is 0 Å². The zero-order valence-electron chi connectivity index (χ0n) is 5.48. The van der Waals surface area contributed by atoms with Crippen molar-refractivity contribution < 1.29 is 80.2 Å². The Kier molecular flexibility index (Phi) is 17.5. The molecule has 0 radical (unpaired) electrons. The molecular formula is HFeNaO8SSe. The van der Waals surface area contributed by atoms with Gasteiger partial charge in [-0.2, -0.15) is 0 Å². The minimum Gasteiger partial charge on any atom is 1.00 e. The van der Waals surface area contributed by atoms with Crippen molar-refractivity contribution in [3.63, 3.8) is 0 Å². The van der Waals surface area contributed by atoms with Gasteiger partial charge in [-0.15, -0.1) is 0 Å². The third-order valence-corrected chi connectivity index (χ3v) is 0. The molecule has 0 saturated heterocycles. The zero-order chi connectivity index (χ0) is 9.00. The monoisotopic (exact) mass is 320 g/mol. The quantitative estimate of drug-likeness (QED) is 0.262. The van der Waals surface area contributed by atoms with E-state index in [9.17, 15) is 0 Å². The van der Waals surface area contributed by atoms with E-state index in [1.807, 2.05) is 0 Å². The van der Waals surface area contributed by atoms with Crippen molar-refractivity contribution in [2.75, 3.05) is 0 Å². The Labute approximate surface area is 103 Å². The molecule has 0 spiro atoms. The zero-order valence-corrected chi connectivity index (χ0v) is 11.1. The molecule has 0 aliphatic rings. The standard InChI is InChI=1S/Fe.Na.H2O4S.H2O4Se/c;;2*1-5(2,3)4/h;;2*(H2,1,2,3,4)/q+2;+1;;/p-3. The van der Waals surface area contributed by atoms with Gasteiger partial charge in [0.05, 0.1) is 0 Å². The van der Waals surface area contributed by atoms with Crippen molar-refractivity contribution in [3.05, 3.63) is 0 Å². The molecule has 1 N–H and O–H groups in total. The summed E-state index contributed by atoms with van der Waals surface area (Å²) in [6.45, 7) is 0. The van der Waals surface area contributed by atoms with Gasteiger partial charge in [0.1, 0.15) is 0 Å². The first-order valence-corrected chi connectivity index (χ1v) is 5.51. The molecular weight excluding hydrogens is 318 g/mol. The first kappa shape index (κ1) is 23.3. The van der Waals surface area contributed by atoms with Gasteiger partial charge in [0.2, 0.25) is 10.4 Å². The molecule has 0 aromatic rings. The van der Waals surface area contributed by atoms with Gasteiger partial charge in [0, 0.05) is 0 Å². The van der Waals surface area contributed by atoms with Crippen LogP contribution in [0.15, 0.2) is 0 Å². The first-order valence-electron chi connectivity index (χ1n) is 1.35. The van der Waals surface area contributed by atoms with Crippen molar-refractivity contribution in [2.45, 2.75) is 0 Å². The Balaban J connectivity index is -0.0000000457. The minimum absolute atomic E-state index is 0. The van der Waals surface area contributed by atoms with Gasteiger partial charge < -0.3 is 4.55 Å². The number of hydrogen-bond acceptors (Lipinski definition) is 7.